The second-order valence-corrected chi connectivity index (χ2v) is 7.62. The molecule has 3 heteroatoms. The van der Waals surface area contributed by atoms with Crippen molar-refractivity contribution in [2.45, 2.75) is 46.0 Å². The molecule has 1 aromatic carbocycles. The average molecular weight is 330 g/mol. The Morgan fingerprint density at radius 3 is 2.65 bits per heavy atom. The molecule has 0 aliphatic heterocycles. The maximum absolute atomic E-state index is 6.46. The summed E-state index contributed by atoms with van der Waals surface area (Å²) in [5.41, 5.74) is 4.93. The molecule has 0 amide bonds. The van der Waals surface area contributed by atoms with Crippen LogP contribution in [0.5, 0.6) is 5.88 Å². The number of aryl methyl sites for hydroxylation is 1. The first kappa shape index (κ1) is 16.3. The molecule has 1 saturated carbocycles. The van der Waals surface area contributed by atoms with E-state index in [9.17, 15) is 0 Å². The molecule has 0 N–H and O–H groups in total. The molecule has 1 aliphatic rings. The summed E-state index contributed by atoms with van der Waals surface area (Å²) in [5.74, 6) is 1.14. The normalized spacial score (nSPS) is 19.8. The minimum absolute atomic E-state index is 0.313. The summed E-state index contributed by atoms with van der Waals surface area (Å²) in [6.45, 7) is 6.89. The summed E-state index contributed by atoms with van der Waals surface area (Å²) in [7, 11) is 1.64. The summed E-state index contributed by atoms with van der Waals surface area (Å²) in [4.78, 5) is 4.62. The van der Waals surface area contributed by atoms with Gasteiger partial charge in [0.2, 0.25) is 5.88 Å². The Bertz CT molecular complexity index is 724. The molecule has 1 atom stereocenters. The van der Waals surface area contributed by atoms with Crippen LogP contribution in [0.2, 0.25) is 5.02 Å². The van der Waals surface area contributed by atoms with Crippen molar-refractivity contribution in [3.8, 4) is 17.1 Å². The second-order valence-electron chi connectivity index (χ2n) is 7.21. The lowest BCUT2D eigenvalue weighted by Crippen LogP contribution is -2.16. The predicted octanol–water partition coefficient (Wildman–Crippen LogP) is 6.01. The largest absolute Gasteiger partial charge is 0.481 e. The number of benzene rings is 1. The van der Waals surface area contributed by atoms with E-state index in [0.717, 1.165) is 11.3 Å². The SMILES string of the molecule is COc1ccc(Cl)c(-c2ccc(C)cc2C2CCCC2(C)C)n1. The molecule has 1 heterocycles. The van der Waals surface area contributed by atoms with Crippen molar-refractivity contribution in [2.24, 2.45) is 5.41 Å². The molecular weight excluding hydrogens is 306 g/mol. The number of halogens is 1. The van der Waals surface area contributed by atoms with Crippen molar-refractivity contribution in [3.63, 3.8) is 0 Å². The number of hydrogen-bond acceptors (Lipinski definition) is 2. The highest BCUT2D eigenvalue weighted by Crippen LogP contribution is 2.51. The molecule has 122 valence electrons. The fourth-order valence-corrected chi connectivity index (χ4v) is 4.02. The van der Waals surface area contributed by atoms with Gasteiger partial charge in [-0.1, -0.05) is 55.6 Å². The average Bonchev–Trinajstić information content (AvgIpc) is 2.87. The minimum Gasteiger partial charge on any atom is -0.481 e. The Hall–Kier alpha value is -1.54. The number of pyridine rings is 1. The summed E-state index contributed by atoms with van der Waals surface area (Å²) in [5, 5.41) is 0.673. The van der Waals surface area contributed by atoms with E-state index in [0.29, 0.717) is 22.2 Å². The topological polar surface area (TPSA) is 22.1 Å². The van der Waals surface area contributed by atoms with Gasteiger partial charge in [-0.25, -0.2) is 4.98 Å². The third-order valence-corrected chi connectivity index (χ3v) is 5.43. The van der Waals surface area contributed by atoms with E-state index in [1.54, 1.807) is 13.2 Å². The van der Waals surface area contributed by atoms with Gasteiger partial charge in [0.15, 0.2) is 0 Å². The highest BCUT2D eigenvalue weighted by Gasteiger charge is 2.37. The molecule has 1 unspecified atom stereocenters. The first-order valence-electron chi connectivity index (χ1n) is 8.24. The molecule has 0 saturated heterocycles. The van der Waals surface area contributed by atoms with Crippen molar-refractivity contribution in [2.75, 3.05) is 7.11 Å². The Morgan fingerprint density at radius 2 is 2.00 bits per heavy atom. The molecule has 1 aliphatic carbocycles. The summed E-state index contributed by atoms with van der Waals surface area (Å²) >= 11 is 6.46. The van der Waals surface area contributed by atoms with Crippen LogP contribution in [-0.4, -0.2) is 12.1 Å². The Morgan fingerprint density at radius 1 is 1.22 bits per heavy atom. The minimum atomic E-state index is 0.313. The van der Waals surface area contributed by atoms with Gasteiger partial charge in [0.25, 0.3) is 0 Å². The second kappa shape index (κ2) is 6.16. The van der Waals surface area contributed by atoms with E-state index >= 15 is 0 Å². The van der Waals surface area contributed by atoms with Crippen LogP contribution in [0, 0.1) is 12.3 Å². The molecular formula is C20H24ClNO. The number of ether oxygens (including phenoxy) is 1. The molecule has 3 rings (SSSR count). The fraction of sp³-hybridized carbons (Fsp3) is 0.450. The van der Waals surface area contributed by atoms with Crippen LogP contribution < -0.4 is 4.74 Å². The van der Waals surface area contributed by atoms with Gasteiger partial charge in [0.1, 0.15) is 0 Å². The van der Waals surface area contributed by atoms with Crippen molar-refractivity contribution in [3.05, 3.63) is 46.5 Å². The van der Waals surface area contributed by atoms with Crippen molar-refractivity contribution in [1.82, 2.24) is 4.98 Å². The zero-order valence-corrected chi connectivity index (χ0v) is 15.1. The van der Waals surface area contributed by atoms with E-state index in [-0.39, 0.29) is 0 Å². The van der Waals surface area contributed by atoms with Crippen LogP contribution in [0.3, 0.4) is 0 Å². The van der Waals surface area contributed by atoms with E-state index in [2.05, 4.69) is 44.0 Å². The van der Waals surface area contributed by atoms with Crippen LogP contribution in [0.15, 0.2) is 30.3 Å². The quantitative estimate of drug-likeness (QED) is 0.687. The smallest absolute Gasteiger partial charge is 0.213 e. The maximum atomic E-state index is 6.46. The molecule has 2 aromatic rings. The van der Waals surface area contributed by atoms with Crippen LogP contribution in [0.25, 0.3) is 11.3 Å². The zero-order valence-electron chi connectivity index (χ0n) is 14.3. The summed E-state index contributed by atoms with van der Waals surface area (Å²) in [6, 6.07) is 10.3. The van der Waals surface area contributed by atoms with E-state index in [4.69, 9.17) is 16.3 Å². The first-order chi connectivity index (χ1) is 10.9. The van der Waals surface area contributed by atoms with Crippen LogP contribution >= 0.6 is 11.6 Å². The first-order valence-corrected chi connectivity index (χ1v) is 8.61. The monoisotopic (exact) mass is 329 g/mol. The number of nitrogens with zero attached hydrogens (tertiary/aromatic N) is 1. The highest BCUT2D eigenvalue weighted by molar-refractivity contribution is 6.33. The number of methoxy groups -OCH3 is 1. The lowest BCUT2D eigenvalue weighted by atomic mass is 9.75. The molecule has 0 bridgehead atoms. The van der Waals surface area contributed by atoms with Gasteiger partial charge in [-0.05, 0) is 42.7 Å². The maximum Gasteiger partial charge on any atom is 0.213 e. The third kappa shape index (κ3) is 3.10. The Labute approximate surface area is 143 Å². The van der Waals surface area contributed by atoms with E-state index in [1.165, 1.54) is 30.4 Å². The molecule has 1 fully saturated rings. The van der Waals surface area contributed by atoms with E-state index < -0.39 is 0 Å². The van der Waals surface area contributed by atoms with Crippen LogP contribution in [0.1, 0.15) is 50.2 Å². The van der Waals surface area contributed by atoms with E-state index in [1.807, 2.05) is 6.07 Å². The summed E-state index contributed by atoms with van der Waals surface area (Å²) < 4.78 is 5.29. The van der Waals surface area contributed by atoms with Crippen molar-refractivity contribution < 1.29 is 4.74 Å². The van der Waals surface area contributed by atoms with Crippen LogP contribution in [-0.2, 0) is 0 Å². The van der Waals surface area contributed by atoms with Crippen molar-refractivity contribution >= 4 is 11.6 Å². The molecule has 0 spiro atoms. The molecule has 0 radical (unpaired) electrons. The van der Waals surface area contributed by atoms with Gasteiger partial charge in [-0.15, -0.1) is 0 Å². The number of hydrogen-bond donors (Lipinski definition) is 0. The third-order valence-electron chi connectivity index (χ3n) is 5.12. The van der Waals surface area contributed by atoms with Gasteiger partial charge in [0, 0.05) is 11.6 Å². The van der Waals surface area contributed by atoms with Crippen molar-refractivity contribution in [1.29, 1.82) is 0 Å². The van der Waals surface area contributed by atoms with Gasteiger partial charge in [0.05, 0.1) is 17.8 Å². The van der Waals surface area contributed by atoms with Gasteiger partial charge in [-0.2, -0.15) is 0 Å². The fourth-order valence-electron chi connectivity index (χ4n) is 3.82. The Balaban J connectivity index is 2.17. The van der Waals surface area contributed by atoms with Gasteiger partial charge >= 0.3 is 0 Å². The number of rotatable bonds is 3. The molecule has 1 aromatic heterocycles. The van der Waals surface area contributed by atoms with Gasteiger partial charge in [-0.3, -0.25) is 0 Å². The standard InChI is InChI=1S/C20H24ClNO/c1-13-7-8-14(19-17(21)9-10-18(22-19)23-4)15(12-13)16-6-5-11-20(16,2)3/h7-10,12,16H,5-6,11H2,1-4H3. The van der Waals surface area contributed by atoms with Crippen LogP contribution in [0.4, 0.5) is 0 Å². The lowest BCUT2D eigenvalue weighted by molar-refractivity contribution is 0.332. The Kier molecular flexibility index (Phi) is 4.37. The lowest BCUT2D eigenvalue weighted by Gasteiger charge is -2.29. The molecule has 23 heavy (non-hydrogen) atoms. The molecule has 2 nitrogen and oxygen atoms in total. The number of aromatic nitrogens is 1. The zero-order chi connectivity index (χ0) is 16.6. The predicted molar refractivity (Wildman–Crippen MR) is 96.3 cm³/mol. The van der Waals surface area contributed by atoms with Gasteiger partial charge < -0.3 is 4.74 Å². The summed E-state index contributed by atoms with van der Waals surface area (Å²) in [6.07, 6.45) is 3.78. The highest BCUT2D eigenvalue weighted by atomic mass is 35.5.